The smallest absolute Gasteiger partial charge is 0.0541 e. The van der Waals surface area contributed by atoms with Gasteiger partial charge in [0.05, 0.1) is 22.1 Å². The van der Waals surface area contributed by atoms with Crippen molar-refractivity contribution in [2.24, 2.45) is 0 Å². The third-order valence-corrected chi connectivity index (χ3v) is 10.3. The van der Waals surface area contributed by atoms with Crippen molar-refractivity contribution in [2.45, 2.75) is 52.4 Å². The average molecular weight is 597 g/mol. The van der Waals surface area contributed by atoms with Crippen molar-refractivity contribution in [3.05, 3.63) is 145 Å². The molecule has 8 rings (SSSR count). The number of nitrogens with zero attached hydrogens (tertiary/aromatic N) is 2. The summed E-state index contributed by atoms with van der Waals surface area (Å²) in [5, 5.41) is 5.25. The Labute approximate surface area is 271 Å². The molecule has 0 saturated carbocycles. The quantitative estimate of drug-likeness (QED) is 0.173. The van der Waals surface area contributed by atoms with Crippen LogP contribution in [0.3, 0.4) is 0 Å². The van der Waals surface area contributed by atoms with Gasteiger partial charge in [0.25, 0.3) is 0 Å². The summed E-state index contributed by atoms with van der Waals surface area (Å²) >= 11 is 0. The predicted octanol–water partition coefficient (Wildman–Crippen LogP) is 12.6. The molecule has 0 aliphatic heterocycles. The lowest BCUT2D eigenvalue weighted by atomic mass is 9.97. The maximum absolute atomic E-state index is 2.43. The van der Waals surface area contributed by atoms with Gasteiger partial charge in [-0.1, -0.05) is 100 Å². The van der Waals surface area contributed by atoms with Gasteiger partial charge in [0.2, 0.25) is 0 Å². The highest BCUT2D eigenvalue weighted by Crippen LogP contribution is 2.37. The number of aromatic nitrogens is 2. The molecule has 2 heteroatoms. The molecule has 0 N–H and O–H groups in total. The number of rotatable bonds is 7. The maximum atomic E-state index is 2.43. The summed E-state index contributed by atoms with van der Waals surface area (Å²) in [5.41, 5.74) is 12.6. The van der Waals surface area contributed by atoms with Gasteiger partial charge in [-0.2, -0.15) is 0 Å². The topological polar surface area (TPSA) is 9.86 Å². The molecule has 226 valence electrons. The zero-order chi connectivity index (χ0) is 31.4. The van der Waals surface area contributed by atoms with E-state index >= 15 is 0 Å². The summed E-state index contributed by atoms with van der Waals surface area (Å²) in [7, 11) is 0. The van der Waals surface area contributed by atoms with Crippen LogP contribution in [0.25, 0.3) is 66.1 Å². The van der Waals surface area contributed by atoms with Crippen molar-refractivity contribution in [1.82, 2.24) is 9.13 Å². The Kier molecular flexibility index (Phi) is 7.02. The highest BCUT2D eigenvalue weighted by Gasteiger charge is 2.17. The molecule has 0 saturated heterocycles. The summed E-state index contributed by atoms with van der Waals surface area (Å²) < 4.78 is 4.86. The molecule has 0 bridgehead atoms. The highest BCUT2D eigenvalue weighted by molar-refractivity contribution is 6.10. The molecule has 6 aromatic carbocycles. The summed E-state index contributed by atoms with van der Waals surface area (Å²) in [4.78, 5) is 0. The Morgan fingerprint density at radius 3 is 1.26 bits per heavy atom. The van der Waals surface area contributed by atoms with Crippen LogP contribution in [0.1, 0.15) is 63.5 Å². The fourth-order valence-electron chi connectivity index (χ4n) is 7.27. The standard InChI is InChI=1S/C44H40N2/c1-5-29(3)31-21-23-43-39(27-31)37-17-7-9-19-41(37)45(43)35-15-11-13-33(25-35)34-14-12-16-36(26-34)46-42-20-10-8-18-38(42)40-28-32(30(4)6-2)22-24-44(40)46/h7-30H,5-6H2,1-4H3. The number of fused-ring (bicyclic) bond motifs is 6. The van der Waals surface area contributed by atoms with E-state index < -0.39 is 0 Å². The van der Waals surface area contributed by atoms with Gasteiger partial charge in [-0.3, -0.25) is 0 Å². The lowest BCUT2D eigenvalue weighted by Crippen LogP contribution is -1.96. The number of para-hydroxylation sites is 2. The van der Waals surface area contributed by atoms with Gasteiger partial charge in [0.15, 0.2) is 0 Å². The first-order valence-corrected chi connectivity index (χ1v) is 16.8. The lowest BCUT2D eigenvalue weighted by molar-refractivity contribution is 0.735. The van der Waals surface area contributed by atoms with Crippen molar-refractivity contribution in [1.29, 1.82) is 0 Å². The number of benzene rings is 6. The SMILES string of the molecule is CCC(C)c1ccc2c(c1)c1ccccc1n2-c1cccc(-c2cccc(-n3c4ccccc4c4cc(C(C)CC)ccc43)c2)c1. The monoisotopic (exact) mass is 596 g/mol. The van der Waals surface area contributed by atoms with Gasteiger partial charge in [-0.15, -0.1) is 0 Å². The van der Waals surface area contributed by atoms with Gasteiger partial charge in [-0.25, -0.2) is 0 Å². The van der Waals surface area contributed by atoms with E-state index in [1.54, 1.807) is 0 Å². The minimum atomic E-state index is 0.540. The van der Waals surface area contributed by atoms with Crippen LogP contribution in [-0.4, -0.2) is 9.13 Å². The molecular formula is C44H40N2. The van der Waals surface area contributed by atoms with E-state index in [0.717, 1.165) is 12.8 Å². The summed E-state index contributed by atoms with van der Waals surface area (Å²) in [5.74, 6) is 1.08. The fraction of sp³-hybridized carbons (Fsp3) is 0.182. The first-order chi connectivity index (χ1) is 22.6. The van der Waals surface area contributed by atoms with Crippen LogP contribution in [-0.2, 0) is 0 Å². The molecule has 0 radical (unpaired) electrons. The lowest BCUT2D eigenvalue weighted by Gasteiger charge is -2.13. The third kappa shape index (κ3) is 4.55. The van der Waals surface area contributed by atoms with Gasteiger partial charge >= 0.3 is 0 Å². The van der Waals surface area contributed by atoms with Crippen LogP contribution in [0.4, 0.5) is 0 Å². The van der Waals surface area contributed by atoms with Gasteiger partial charge in [-0.05, 0) is 108 Å². The normalized spacial score (nSPS) is 13.2. The Balaban J connectivity index is 1.27. The minimum Gasteiger partial charge on any atom is -0.309 e. The van der Waals surface area contributed by atoms with Crippen molar-refractivity contribution in [2.75, 3.05) is 0 Å². The minimum absolute atomic E-state index is 0.540. The van der Waals surface area contributed by atoms with Crippen LogP contribution in [0.15, 0.2) is 133 Å². The molecule has 46 heavy (non-hydrogen) atoms. The van der Waals surface area contributed by atoms with Gasteiger partial charge < -0.3 is 9.13 Å². The zero-order valence-electron chi connectivity index (χ0n) is 27.2. The second-order valence-electron chi connectivity index (χ2n) is 13.0. The van der Waals surface area contributed by atoms with Crippen LogP contribution >= 0.6 is 0 Å². The Hall–Kier alpha value is -5.08. The van der Waals surface area contributed by atoms with Crippen molar-refractivity contribution < 1.29 is 0 Å². The molecule has 8 aromatic rings. The van der Waals surface area contributed by atoms with E-state index in [1.165, 1.54) is 77.2 Å². The summed E-state index contributed by atoms with van der Waals surface area (Å²) in [6.07, 6.45) is 2.28. The summed E-state index contributed by atoms with van der Waals surface area (Å²) in [6.45, 7) is 9.18. The fourth-order valence-corrected chi connectivity index (χ4v) is 7.27. The third-order valence-electron chi connectivity index (χ3n) is 10.3. The molecule has 2 heterocycles. The predicted molar refractivity (Wildman–Crippen MR) is 198 cm³/mol. The van der Waals surface area contributed by atoms with E-state index in [-0.39, 0.29) is 0 Å². The molecule has 0 aliphatic carbocycles. The maximum Gasteiger partial charge on any atom is 0.0541 e. The zero-order valence-corrected chi connectivity index (χ0v) is 27.2. The Morgan fingerprint density at radius 1 is 0.413 bits per heavy atom. The largest absolute Gasteiger partial charge is 0.309 e. The van der Waals surface area contributed by atoms with E-state index in [4.69, 9.17) is 0 Å². The first-order valence-electron chi connectivity index (χ1n) is 16.8. The first kappa shape index (κ1) is 28.4. The molecule has 0 fully saturated rings. The van der Waals surface area contributed by atoms with Gasteiger partial charge in [0.1, 0.15) is 0 Å². The van der Waals surface area contributed by atoms with Crippen LogP contribution in [0.5, 0.6) is 0 Å². The summed E-state index contributed by atoms with van der Waals surface area (Å²) in [6, 6.07) is 49.8. The van der Waals surface area contributed by atoms with Crippen LogP contribution in [0.2, 0.25) is 0 Å². The van der Waals surface area contributed by atoms with E-state index in [9.17, 15) is 0 Å². The molecule has 0 spiro atoms. The molecule has 0 aliphatic rings. The van der Waals surface area contributed by atoms with E-state index in [2.05, 4.69) is 170 Å². The average Bonchev–Trinajstić information content (AvgIpc) is 3.63. The molecule has 2 atom stereocenters. The van der Waals surface area contributed by atoms with Crippen molar-refractivity contribution in [3.63, 3.8) is 0 Å². The molecule has 2 aromatic heterocycles. The second-order valence-corrected chi connectivity index (χ2v) is 13.0. The van der Waals surface area contributed by atoms with E-state index in [1.807, 2.05) is 0 Å². The number of hydrogen-bond acceptors (Lipinski definition) is 0. The Morgan fingerprint density at radius 2 is 0.826 bits per heavy atom. The van der Waals surface area contributed by atoms with Crippen molar-refractivity contribution >= 4 is 43.6 Å². The molecule has 2 nitrogen and oxygen atoms in total. The number of hydrogen-bond donors (Lipinski definition) is 0. The molecule has 0 amide bonds. The molecule has 2 unspecified atom stereocenters. The Bertz CT molecular complexity index is 2210. The van der Waals surface area contributed by atoms with Crippen LogP contribution in [0, 0.1) is 0 Å². The molecular weight excluding hydrogens is 556 g/mol. The highest BCUT2D eigenvalue weighted by atomic mass is 15.0. The van der Waals surface area contributed by atoms with Crippen LogP contribution < -0.4 is 0 Å². The second kappa shape index (κ2) is 11.4. The van der Waals surface area contributed by atoms with Crippen molar-refractivity contribution in [3.8, 4) is 22.5 Å². The van der Waals surface area contributed by atoms with Gasteiger partial charge in [0, 0.05) is 32.9 Å². The van der Waals surface area contributed by atoms with E-state index in [0.29, 0.717) is 11.8 Å².